The van der Waals surface area contributed by atoms with Crippen molar-refractivity contribution in [2.75, 3.05) is 12.4 Å². The lowest BCUT2D eigenvalue weighted by Gasteiger charge is -2.15. The van der Waals surface area contributed by atoms with Crippen LogP contribution >= 0.6 is 0 Å². The van der Waals surface area contributed by atoms with Crippen molar-refractivity contribution in [3.63, 3.8) is 0 Å². The predicted molar refractivity (Wildman–Crippen MR) is 114 cm³/mol. The summed E-state index contributed by atoms with van der Waals surface area (Å²) in [6.07, 6.45) is 0.194. The number of carbonyl (C=O) groups is 3. The molecule has 29 heavy (non-hydrogen) atoms. The number of fused-ring (bicyclic) bond motifs is 1. The summed E-state index contributed by atoms with van der Waals surface area (Å²) in [7, 11) is 1.56. The standard InChI is InChI=1S/C23H23N3O3/c1-15(22(28)26-19-12-10-17(11-13-19)23(29)24-2)25-21(27)14-18-8-5-7-16-6-3-4-9-20(16)18/h3-13,15H,14H2,1-2H3,(H,24,29)(H,25,27)(H,26,28). The van der Waals surface area contributed by atoms with Gasteiger partial charge in [0, 0.05) is 18.3 Å². The number of hydrogen-bond acceptors (Lipinski definition) is 3. The van der Waals surface area contributed by atoms with E-state index >= 15 is 0 Å². The lowest BCUT2D eigenvalue weighted by molar-refractivity contribution is -0.125. The second-order valence-electron chi connectivity index (χ2n) is 6.75. The zero-order chi connectivity index (χ0) is 20.8. The molecule has 3 aromatic carbocycles. The number of rotatable bonds is 6. The molecular weight excluding hydrogens is 366 g/mol. The van der Waals surface area contributed by atoms with Gasteiger partial charge < -0.3 is 16.0 Å². The van der Waals surface area contributed by atoms with E-state index in [1.165, 1.54) is 0 Å². The molecule has 0 saturated carbocycles. The molecule has 6 nitrogen and oxygen atoms in total. The van der Waals surface area contributed by atoms with E-state index in [1.807, 2.05) is 42.5 Å². The topological polar surface area (TPSA) is 87.3 Å². The average Bonchev–Trinajstić information content (AvgIpc) is 2.74. The van der Waals surface area contributed by atoms with Gasteiger partial charge >= 0.3 is 0 Å². The van der Waals surface area contributed by atoms with Crippen LogP contribution in [0.3, 0.4) is 0 Å². The Balaban J connectivity index is 1.59. The van der Waals surface area contributed by atoms with Gasteiger partial charge in [-0.05, 0) is 47.5 Å². The summed E-state index contributed by atoms with van der Waals surface area (Å²) < 4.78 is 0. The highest BCUT2D eigenvalue weighted by Gasteiger charge is 2.17. The van der Waals surface area contributed by atoms with Gasteiger partial charge in [-0.2, -0.15) is 0 Å². The number of hydrogen-bond donors (Lipinski definition) is 3. The summed E-state index contributed by atoms with van der Waals surface area (Å²) in [5, 5.41) is 10.1. The number of anilines is 1. The number of carbonyl (C=O) groups excluding carboxylic acids is 3. The van der Waals surface area contributed by atoms with Gasteiger partial charge in [0.1, 0.15) is 6.04 Å². The second kappa shape index (κ2) is 9.01. The number of amides is 3. The normalized spacial score (nSPS) is 11.5. The van der Waals surface area contributed by atoms with Crippen LogP contribution in [0.15, 0.2) is 66.7 Å². The molecule has 148 valence electrons. The van der Waals surface area contributed by atoms with Crippen LogP contribution in [0, 0.1) is 0 Å². The van der Waals surface area contributed by atoms with Crippen molar-refractivity contribution in [3.8, 4) is 0 Å². The molecule has 6 heteroatoms. The van der Waals surface area contributed by atoms with Gasteiger partial charge in [0.2, 0.25) is 11.8 Å². The van der Waals surface area contributed by atoms with Crippen molar-refractivity contribution in [3.05, 3.63) is 77.9 Å². The monoisotopic (exact) mass is 389 g/mol. The van der Waals surface area contributed by atoms with Gasteiger partial charge in [-0.1, -0.05) is 42.5 Å². The first kappa shape index (κ1) is 20.1. The second-order valence-corrected chi connectivity index (χ2v) is 6.75. The Hall–Kier alpha value is -3.67. The van der Waals surface area contributed by atoms with Crippen LogP contribution in [-0.4, -0.2) is 30.8 Å². The van der Waals surface area contributed by atoms with Gasteiger partial charge in [0.15, 0.2) is 0 Å². The molecule has 3 aromatic rings. The maximum Gasteiger partial charge on any atom is 0.251 e. The third kappa shape index (κ3) is 4.99. The average molecular weight is 389 g/mol. The Morgan fingerprint density at radius 2 is 1.59 bits per heavy atom. The van der Waals surface area contributed by atoms with Crippen molar-refractivity contribution in [2.24, 2.45) is 0 Å². The smallest absolute Gasteiger partial charge is 0.251 e. The maximum atomic E-state index is 12.4. The third-order valence-corrected chi connectivity index (χ3v) is 4.64. The molecule has 0 spiro atoms. The van der Waals surface area contributed by atoms with Crippen molar-refractivity contribution < 1.29 is 14.4 Å². The van der Waals surface area contributed by atoms with Crippen LogP contribution in [0.1, 0.15) is 22.8 Å². The van der Waals surface area contributed by atoms with E-state index in [0.717, 1.165) is 16.3 Å². The molecule has 3 N–H and O–H groups in total. The Morgan fingerprint density at radius 1 is 0.897 bits per heavy atom. The van der Waals surface area contributed by atoms with Gasteiger partial charge in [0.05, 0.1) is 6.42 Å². The summed E-state index contributed by atoms with van der Waals surface area (Å²) in [5.41, 5.74) is 1.97. The van der Waals surface area contributed by atoms with Crippen LogP contribution in [0.2, 0.25) is 0 Å². The summed E-state index contributed by atoms with van der Waals surface area (Å²) in [6, 6.07) is 19.6. The first-order chi connectivity index (χ1) is 14.0. The van der Waals surface area contributed by atoms with E-state index in [2.05, 4.69) is 16.0 Å². The third-order valence-electron chi connectivity index (χ3n) is 4.64. The molecule has 0 aliphatic carbocycles. The molecule has 3 rings (SSSR count). The minimum Gasteiger partial charge on any atom is -0.355 e. The molecule has 0 aromatic heterocycles. The van der Waals surface area contributed by atoms with E-state index in [1.54, 1.807) is 38.2 Å². The van der Waals surface area contributed by atoms with Crippen molar-refractivity contribution in [2.45, 2.75) is 19.4 Å². The molecular formula is C23H23N3O3. The molecule has 1 atom stereocenters. The van der Waals surface area contributed by atoms with Crippen LogP contribution in [0.25, 0.3) is 10.8 Å². The van der Waals surface area contributed by atoms with Crippen LogP contribution < -0.4 is 16.0 Å². The Labute approximate surface area is 169 Å². The predicted octanol–water partition coefficient (Wildman–Crippen LogP) is 2.89. The molecule has 1 unspecified atom stereocenters. The Morgan fingerprint density at radius 3 is 2.31 bits per heavy atom. The minimum absolute atomic E-state index is 0.194. The van der Waals surface area contributed by atoms with Gasteiger partial charge in [-0.15, -0.1) is 0 Å². The molecule has 0 fully saturated rings. The summed E-state index contributed by atoms with van der Waals surface area (Å²) in [5.74, 6) is -0.750. The highest BCUT2D eigenvalue weighted by atomic mass is 16.2. The first-order valence-corrected chi connectivity index (χ1v) is 9.37. The van der Waals surface area contributed by atoms with E-state index in [-0.39, 0.29) is 24.1 Å². The summed E-state index contributed by atoms with van der Waals surface area (Å²) in [4.78, 5) is 36.4. The molecule has 0 bridgehead atoms. The Bertz CT molecular complexity index is 1040. The van der Waals surface area contributed by atoms with Crippen molar-refractivity contribution in [1.82, 2.24) is 10.6 Å². The van der Waals surface area contributed by atoms with Crippen molar-refractivity contribution in [1.29, 1.82) is 0 Å². The molecule has 0 aliphatic rings. The number of benzene rings is 3. The number of nitrogens with one attached hydrogen (secondary N) is 3. The Kier molecular flexibility index (Phi) is 6.24. The molecule has 0 aliphatic heterocycles. The minimum atomic E-state index is -0.698. The lowest BCUT2D eigenvalue weighted by Crippen LogP contribution is -2.42. The SMILES string of the molecule is CNC(=O)c1ccc(NC(=O)C(C)NC(=O)Cc2cccc3ccccc23)cc1. The zero-order valence-corrected chi connectivity index (χ0v) is 16.4. The quantitative estimate of drug-likeness (QED) is 0.606. The van der Waals surface area contributed by atoms with Crippen LogP contribution in [-0.2, 0) is 16.0 Å². The van der Waals surface area contributed by atoms with E-state index in [0.29, 0.717) is 11.3 Å². The molecule has 0 radical (unpaired) electrons. The van der Waals surface area contributed by atoms with E-state index in [4.69, 9.17) is 0 Å². The molecule has 0 saturated heterocycles. The molecule has 3 amide bonds. The highest BCUT2D eigenvalue weighted by molar-refractivity contribution is 5.99. The van der Waals surface area contributed by atoms with Gasteiger partial charge in [-0.25, -0.2) is 0 Å². The molecule has 0 heterocycles. The van der Waals surface area contributed by atoms with Crippen molar-refractivity contribution >= 4 is 34.2 Å². The summed E-state index contributed by atoms with van der Waals surface area (Å²) in [6.45, 7) is 1.63. The first-order valence-electron chi connectivity index (χ1n) is 9.37. The van der Waals surface area contributed by atoms with E-state index < -0.39 is 6.04 Å². The largest absolute Gasteiger partial charge is 0.355 e. The highest BCUT2D eigenvalue weighted by Crippen LogP contribution is 2.19. The maximum absolute atomic E-state index is 12.4. The summed E-state index contributed by atoms with van der Waals surface area (Å²) >= 11 is 0. The zero-order valence-electron chi connectivity index (χ0n) is 16.4. The van der Waals surface area contributed by atoms with Crippen LogP contribution in [0.5, 0.6) is 0 Å². The fraction of sp³-hybridized carbons (Fsp3) is 0.174. The fourth-order valence-corrected chi connectivity index (χ4v) is 3.08. The van der Waals surface area contributed by atoms with Crippen LogP contribution in [0.4, 0.5) is 5.69 Å². The van der Waals surface area contributed by atoms with Gasteiger partial charge in [0.25, 0.3) is 5.91 Å². The fourth-order valence-electron chi connectivity index (χ4n) is 3.08. The van der Waals surface area contributed by atoms with Gasteiger partial charge in [-0.3, -0.25) is 14.4 Å². The lowest BCUT2D eigenvalue weighted by atomic mass is 10.0. The van der Waals surface area contributed by atoms with E-state index in [9.17, 15) is 14.4 Å².